The van der Waals surface area contributed by atoms with Gasteiger partial charge in [-0.1, -0.05) is 42.9 Å². The maximum atomic E-state index is 13.6. The molecule has 1 aromatic heterocycles. The van der Waals surface area contributed by atoms with Crippen LogP contribution in [0.4, 0.5) is 4.39 Å². The van der Waals surface area contributed by atoms with E-state index < -0.39 is 0 Å². The van der Waals surface area contributed by atoms with Crippen LogP contribution in [0.5, 0.6) is 0 Å². The molecular weight excluding hydrogens is 469 g/mol. The lowest BCUT2D eigenvalue weighted by Gasteiger charge is -2.31. The van der Waals surface area contributed by atoms with Crippen molar-refractivity contribution >= 4 is 16.7 Å². The third-order valence-corrected chi connectivity index (χ3v) is 7.79. The minimum Gasteiger partial charge on any atom is -0.378 e. The molecule has 5 rings (SSSR count). The number of fused-ring (bicyclic) bond motifs is 1. The van der Waals surface area contributed by atoms with Gasteiger partial charge in [0.25, 0.3) is 0 Å². The van der Waals surface area contributed by atoms with Crippen molar-refractivity contribution in [3.05, 3.63) is 102 Å². The van der Waals surface area contributed by atoms with E-state index in [1.54, 1.807) is 17.7 Å². The molecule has 2 aliphatic rings. The van der Waals surface area contributed by atoms with E-state index in [2.05, 4.69) is 56.6 Å². The first kappa shape index (κ1) is 26.1. The van der Waals surface area contributed by atoms with Crippen molar-refractivity contribution in [3.8, 4) is 11.3 Å². The van der Waals surface area contributed by atoms with Gasteiger partial charge in [0.2, 0.25) is 0 Å². The van der Waals surface area contributed by atoms with Crippen LogP contribution in [0.15, 0.2) is 84.5 Å². The summed E-state index contributed by atoms with van der Waals surface area (Å²) in [6.45, 7) is 12.8. The van der Waals surface area contributed by atoms with Gasteiger partial charge in [0, 0.05) is 11.3 Å². The van der Waals surface area contributed by atoms with Gasteiger partial charge < -0.3 is 5.32 Å². The molecular formula is C34H38FN3. The molecule has 1 heterocycles. The number of allylic oxidation sites excluding steroid dienone is 3. The first-order valence-electron chi connectivity index (χ1n) is 13.9. The number of aromatic nitrogens is 2. The second-order valence-electron chi connectivity index (χ2n) is 11.1. The molecule has 196 valence electrons. The second-order valence-corrected chi connectivity index (χ2v) is 11.1. The molecule has 0 bridgehead atoms. The molecule has 2 atom stereocenters. The molecule has 0 radical (unpaired) electrons. The van der Waals surface area contributed by atoms with Crippen LogP contribution in [0.1, 0.15) is 70.1 Å². The van der Waals surface area contributed by atoms with E-state index in [1.165, 1.54) is 42.5 Å². The van der Waals surface area contributed by atoms with E-state index in [1.807, 2.05) is 6.07 Å². The average Bonchev–Trinajstić information content (AvgIpc) is 2.91. The normalized spacial score (nSPS) is 17.8. The van der Waals surface area contributed by atoms with Gasteiger partial charge in [-0.25, -0.2) is 14.4 Å². The second kappa shape index (κ2) is 11.5. The lowest BCUT2D eigenvalue weighted by Crippen LogP contribution is -2.32. The molecule has 0 fully saturated rings. The van der Waals surface area contributed by atoms with Crippen LogP contribution in [0, 0.1) is 11.7 Å². The summed E-state index contributed by atoms with van der Waals surface area (Å²) >= 11 is 0. The molecule has 3 aromatic rings. The van der Waals surface area contributed by atoms with E-state index >= 15 is 0 Å². The van der Waals surface area contributed by atoms with Gasteiger partial charge in [-0.3, -0.25) is 0 Å². The molecule has 4 heteroatoms. The number of nitrogens with zero attached hydrogens (tertiary/aromatic N) is 2. The van der Waals surface area contributed by atoms with Crippen molar-refractivity contribution in [2.24, 2.45) is 5.92 Å². The van der Waals surface area contributed by atoms with Crippen molar-refractivity contribution in [2.45, 2.75) is 71.3 Å². The predicted octanol–water partition coefficient (Wildman–Crippen LogP) is 8.73. The molecule has 2 aliphatic carbocycles. The zero-order valence-electron chi connectivity index (χ0n) is 22.7. The van der Waals surface area contributed by atoms with Crippen molar-refractivity contribution in [1.82, 2.24) is 15.3 Å². The summed E-state index contributed by atoms with van der Waals surface area (Å²) in [4.78, 5) is 10.1. The van der Waals surface area contributed by atoms with Gasteiger partial charge in [0.05, 0.1) is 28.5 Å². The molecule has 1 N–H and O–H groups in total. The highest BCUT2D eigenvalue weighted by Crippen LogP contribution is 2.33. The lowest BCUT2D eigenvalue weighted by molar-refractivity contribution is 0.526. The summed E-state index contributed by atoms with van der Waals surface area (Å²) < 4.78 is 13.6. The highest BCUT2D eigenvalue weighted by Gasteiger charge is 2.23. The molecule has 0 spiro atoms. The minimum atomic E-state index is -0.251. The predicted molar refractivity (Wildman–Crippen MR) is 157 cm³/mol. The average molecular weight is 508 g/mol. The molecule has 0 aliphatic heterocycles. The van der Waals surface area contributed by atoms with Crippen molar-refractivity contribution in [2.75, 3.05) is 0 Å². The molecule has 0 amide bonds. The van der Waals surface area contributed by atoms with Crippen LogP contribution in [0.25, 0.3) is 28.0 Å². The van der Waals surface area contributed by atoms with Gasteiger partial charge >= 0.3 is 0 Å². The Balaban J connectivity index is 1.44. The number of hydrogen-bond donors (Lipinski definition) is 1. The van der Waals surface area contributed by atoms with Crippen LogP contribution >= 0.6 is 0 Å². The topological polar surface area (TPSA) is 37.8 Å². The van der Waals surface area contributed by atoms with Crippen LogP contribution in [0.3, 0.4) is 0 Å². The summed E-state index contributed by atoms with van der Waals surface area (Å²) in [6, 6.07) is 13.1. The summed E-state index contributed by atoms with van der Waals surface area (Å²) in [6.07, 6.45) is 13.3. The van der Waals surface area contributed by atoms with Gasteiger partial charge in [0.15, 0.2) is 0 Å². The monoisotopic (exact) mass is 507 g/mol. The number of rotatable bonds is 9. The Labute approximate surface area is 226 Å². The Morgan fingerprint density at radius 3 is 2.68 bits per heavy atom. The summed E-state index contributed by atoms with van der Waals surface area (Å²) in [5, 5.41) is 3.72. The van der Waals surface area contributed by atoms with E-state index in [-0.39, 0.29) is 5.82 Å². The van der Waals surface area contributed by atoms with Crippen molar-refractivity contribution in [3.63, 3.8) is 0 Å². The van der Waals surface area contributed by atoms with Crippen LogP contribution in [0.2, 0.25) is 0 Å². The van der Waals surface area contributed by atoms with Crippen LogP contribution in [-0.2, 0) is 6.42 Å². The van der Waals surface area contributed by atoms with Crippen LogP contribution in [-0.4, -0.2) is 16.0 Å². The standard InChI is InChI=1S/C34H38FN3/c1-22(2)20-23(3)12-18-32-34(26-13-16-28(35)17-14-26)38-31-19-15-27(21-33(31)37-32)24(4)36-30-11-7-9-25-8-5-6-10-29(25)30/h6,10,13-17,19,21,23,30,36H,1,4-5,7-9,11-12,18,20H2,2-3H3. The zero-order valence-corrected chi connectivity index (χ0v) is 22.7. The number of nitrogens with one attached hydrogen (secondary N) is 1. The van der Waals surface area contributed by atoms with Gasteiger partial charge in [-0.2, -0.15) is 0 Å². The Kier molecular flexibility index (Phi) is 7.87. The summed E-state index contributed by atoms with van der Waals surface area (Å²) in [5.41, 5.74) is 10.6. The van der Waals surface area contributed by atoms with Gasteiger partial charge in [-0.15, -0.1) is 6.58 Å². The quantitative estimate of drug-likeness (QED) is 0.294. The Hall–Kier alpha value is -3.53. The number of hydrogen-bond acceptors (Lipinski definition) is 3. The maximum Gasteiger partial charge on any atom is 0.123 e. The summed E-state index contributed by atoms with van der Waals surface area (Å²) in [7, 11) is 0. The Bertz CT molecular complexity index is 1410. The number of aryl methyl sites for hydroxylation is 1. The Morgan fingerprint density at radius 2 is 1.89 bits per heavy atom. The van der Waals surface area contributed by atoms with Crippen LogP contribution < -0.4 is 5.32 Å². The largest absolute Gasteiger partial charge is 0.378 e. The van der Waals surface area contributed by atoms with Gasteiger partial charge in [-0.05, 0) is 112 Å². The Morgan fingerprint density at radius 1 is 1.08 bits per heavy atom. The first-order valence-corrected chi connectivity index (χ1v) is 13.9. The van der Waals surface area contributed by atoms with E-state index in [0.29, 0.717) is 12.0 Å². The van der Waals surface area contributed by atoms with E-state index in [4.69, 9.17) is 9.97 Å². The zero-order chi connectivity index (χ0) is 26.6. The molecule has 38 heavy (non-hydrogen) atoms. The third-order valence-electron chi connectivity index (χ3n) is 7.79. The van der Waals surface area contributed by atoms with Crippen molar-refractivity contribution < 1.29 is 4.39 Å². The number of halogens is 1. The van der Waals surface area contributed by atoms with E-state index in [0.717, 1.165) is 71.3 Å². The lowest BCUT2D eigenvalue weighted by atomic mass is 9.82. The molecule has 2 aromatic carbocycles. The third kappa shape index (κ3) is 5.96. The minimum absolute atomic E-state index is 0.251. The molecule has 3 nitrogen and oxygen atoms in total. The molecule has 0 saturated carbocycles. The smallest absolute Gasteiger partial charge is 0.123 e. The fourth-order valence-electron chi connectivity index (χ4n) is 5.85. The van der Waals surface area contributed by atoms with E-state index in [9.17, 15) is 4.39 Å². The van der Waals surface area contributed by atoms with Crippen molar-refractivity contribution in [1.29, 1.82) is 0 Å². The maximum absolute atomic E-state index is 13.6. The van der Waals surface area contributed by atoms with Gasteiger partial charge in [0.1, 0.15) is 5.82 Å². The highest BCUT2D eigenvalue weighted by molar-refractivity contribution is 5.82. The number of benzene rings is 2. The summed E-state index contributed by atoms with van der Waals surface area (Å²) in [5.74, 6) is 0.254. The fourth-order valence-corrected chi connectivity index (χ4v) is 5.85. The SMILES string of the molecule is C=C(C)CC(C)CCc1nc2cc(C(=C)NC3CCCC4=C3C=CCC4)ccc2nc1-c1ccc(F)cc1. The first-order chi connectivity index (χ1) is 18.4. The molecule has 2 unspecified atom stereocenters. The highest BCUT2D eigenvalue weighted by atomic mass is 19.1. The fraction of sp³-hybridized carbons (Fsp3) is 0.353. The molecule has 0 saturated heterocycles.